The first-order chi connectivity index (χ1) is 39.4. The molecule has 0 amide bonds. The number of aromatic amines is 2. The molecule has 4 aromatic carbocycles. The zero-order valence-corrected chi connectivity index (χ0v) is 44.9. The lowest BCUT2D eigenvalue weighted by atomic mass is 10.2. The van der Waals surface area contributed by atoms with Gasteiger partial charge in [-0.3, -0.25) is 19.4 Å². The Bertz CT molecular complexity index is 3970. The fraction of sp³-hybridized carbons (Fsp3) is 0.0980. The van der Waals surface area contributed by atoms with Gasteiger partial charge in [0.05, 0.1) is 14.2 Å². The molecule has 27 nitrogen and oxygen atoms in total. The Morgan fingerprint density at radius 1 is 0.556 bits per heavy atom. The molecule has 0 radical (unpaired) electrons. The van der Waals surface area contributed by atoms with E-state index in [-0.39, 0.29) is 88.7 Å². The van der Waals surface area contributed by atoms with Crippen molar-refractivity contribution in [3.05, 3.63) is 175 Å². The van der Waals surface area contributed by atoms with Crippen molar-refractivity contribution in [3.63, 3.8) is 0 Å². The number of pyridine rings is 2. The molecule has 0 saturated heterocycles. The molecule has 6 N–H and O–H groups in total. The second-order valence-electron chi connectivity index (χ2n) is 16.3. The predicted octanol–water partition coefficient (Wildman–Crippen LogP) is 7.15. The monoisotopic (exact) mass is 1150 g/mol. The van der Waals surface area contributed by atoms with Gasteiger partial charge in [0.1, 0.15) is 18.0 Å². The Morgan fingerprint density at radius 3 is 1.46 bits per heavy atom. The van der Waals surface area contributed by atoms with Crippen LogP contribution < -0.4 is 42.6 Å². The number of tetrazole rings is 2. The number of methoxy groups -OCH3 is 2. The van der Waals surface area contributed by atoms with Gasteiger partial charge in [-0.15, -0.1) is 20.4 Å². The average Bonchev–Trinajstić information content (AvgIpc) is 4.37. The van der Waals surface area contributed by atoms with E-state index < -0.39 is 20.4 Å². The Morgan fingerprint density at radius 2 is 1.00 bits per heavy atom. The number of nitrogens with one attached hydrogen (secondary N) is 6. The maximum Gasteiger partial charge on any atom is 0.300 e. The maximum atomic E-state index is 13.2. The Hall–Kier alpha value is -10.1. The molecule has 10 aromatic rings. The quantitative estimate of drug-likeness (QED) is 0.0273. The Labute approximate surface area is 467 Å². The van der Waals surface area contributed by atoms with Gasteiger partial charge >= 0.3 is 20.4 Å². The largest absolute Gasteiger partial charge is 0.493 e. The van der Waals surface area contributed by atoms with Crippen LogP contribution in [-0.4, -0.2) is 109 Å². The van der Waals surface area contributed by atoms with E-state index in [2.05, 4.69) is 96.6 Å². The lowest BCUT2D eigenvalue weighted by Gasteiger charge is -2.18. The first-order valence-electron chi connectivity index (χ1n) is 23.8. The van der Waals surface area contributed by atoms with Gasteiger partial charge in [0.15, 0.2) is 51.4 Å². The van der Waals surface area contributed by atoms with Crippen LogP contribution >= 0.6 is 11.6 Å². The lowest BCUT2D eigenvalue weighted by Crippen LogP contribution is -2.30. The van der Waals surface area contributed by atoms with Crippen LogP contribution in [0.15, 0.2) is 159 Å². The normalized spacial score (nSPS) is 11.1. The summed E-state index contributed by atoms with van der Waals surface area (Å²) in [6, 6.07) is 38.3. The number of ether oxygens (including phenoxy) is 5. The highest BCUT2D eigenvalue weighted by Gasteiger charge is 2.26. The second-order valence-corrected chi connectivity index (χ2v) is 19.7. The molecule has 81 heavy (non-hydrogen) atoms. The maximum absolute atomic E-state index is 13.2. The molecule has 0 bridgehead atoms. The van der Waals surface area contributed by atoms with Crippen molar-refractivity contribution in [1.82, 2.24) is 80.6 Å². The third-order valence-electron chi connectivity index (χ3n) is 10.8. The highest BCUT2D eigenvalue weighted by molar-refractivity contribution is 7.91. The molecular formula is C51H45ClN18O9S2. The van der Waals surface area contributed by atoms with Gasteiger partial charge in [-0.2, -0.15) is 41.7 Å². The van der Waals surface area contributed by atoms with E-state index in [1.807, 2.05) is 36.4 Å². The number of nitrogens with zero attached hydrogens (tertiary/aromatic N) is 12. The SMILES string of the molecule is C=CCOc1nc(-c2ccnc(-c3nn[nH]n3)c2)nc(NS(=O)(=O)NCc2ccccc2)c1Oc1ccccc1OC.COc1ccccc1Oc1c(Cl)nc(-c2ccnc(-c3nn[nH]n3)c2)nc1NS(=O)(=O)NCc1ccccc1. The van der Waals surface area contributed by atoms with E-state index in [4.69, 9.17) is 35.3 Å². The summed E-state index contributed by atoms with van der Waals surface area (Å²) >= 11 is 6.54. The smallest absolute Gasteiger partial charge is 0.300 e. The molecule has 0 aliphatic rings. The predicted molar refractivity (Wildman–Crippen MR) is 295 cm³/mol. The average molecular weight is 1150 g/mol. The van der Waals surface area contributed by atoms with Crippen molar-refractivity contribution in [1.29, 1.82) is 0 Å². The van der Waals surface area contributed by atoms with E-state index in [0.29, 0.717) is 34.0 Å². The van der Waals surface area contributed by atoms with E-state index in [9.17, 15) is 16.8 Å². The van der Waals surface area contributed by atoms with Crippen LogP contribution in [0.2, 0.25) is 5.15 Å². The molecule has 0 aliphatic carbocycles. The van der Waals surface area contributed by atoms with E-state index in [1.165, 1.54) is 32.7 Å². The third-order valence-corrected chi connectivity index (χ3v) is 13.1. The highest BCUT2D eigenvalue weighted by Crippen LogP contribution is 2.42. The summed E-state index contributed by atoms with van der Waals surface area (Å²) < 4.78 is 91.1. The minimum atomic E-state index is -4.17. The molecule has 6 heterocycles. The van der Waals surface area contributed by atoms with Crippen LogP contribution in [0.1, 0.15) is 11.1 Å². The van der Waals surface area contributed by atoms with Gasteiger partial charge < -0.3 is 23.7 Å². The van der Waals surface area contributed by atoms with Crippen LogP contribution in [0.25, 0.3) is 45.8 Å². The number of hydrogen-bond donors (Lipinski definition) is 6. The number of rotatable bonds is 23. The molecule has 0 fully saturated rings. The van der Waals surface area contributed by atoms with Gasteiger partial charge in [0.2, 0.25) is 23.1 Å². The van der Waals surface area contributed by atoms with Gasteiger partial charge in [0.25, 0.3) is 5.88 Å². The molecule has 6 aromatic heterocycles. The Balaban J connectivity index is 0.000000196. The van der Waals surface area contributed by atoms with E-state index in [0.717, 1.165) is 11.1 Å². The van der Waals surface area contributed by atoms with Crippen LogP contribution in [0.5, 0.6) is 40.4 Å². The summed E-state index contributed by atoms with van der Waals surface area (Å²) in [4.78, 5) is 26.3. The number of H-pyrrole nitrogens is 2. The van der Waals surface area contributed by atoms with Crippen molar-refractivity contribution in [2.45, 2.75) is 13.1 Å². The second kappa shape index (κ2) is 26.1. The first kappa shape index (κ1) is 55.7. The van der Waals surface area contributed by atoms with E-state index >= 15 is 0 Å². The van der Waals surface area contributed by atoms with Crippen LogP contribution in [-0.2, 0) is 33.5 Å². The minimum absolute atomic E-state index is 0.0368. The van der Waals surface area contributed by atoms with Crippen molar-refractivity contribution < 1.29 is 40.5 Å². The molecule has 0 saturated carbocycles. The molecule has 0 aliphatic heterocycles. The number of anilines is 2. The summed E-state index contributed by atoms with van der Waals surface area (Å²) in [5.41, 5.74) is 3.24. The number of aromatic nitrogens is 14. The van der Waals surface area contributed by atoms with Gasteiger partial charge in [-0.05, 0) is 70.1 Å². The number of halogens is 1. The molecular weight excluding hydrogens is 1110 g/mol. The van der Waals surface area contributed by atoms with Gasteiger partial charge in [-0.25, -0.2) is 15.0 Å². The molecule has 10 rings (SSSR count). The first-order valence-corrected chi connectivity index (χ1v) is 27.1. The molecule has 30 heteroatoms. The molecule has 0 unspecified atom stereocenters. The van der Waals surface area contributed by atoms with Crippen molar-refractivity contribution in [3.8, 4) is 86.2 Å². The summed E-state index contributed by atoms with van der Waals surface area (Å²) in [6.07, 6.45) is 4.53. The van der Waals surface area contributed by atoms with Crippen LogP contribution in [0.4, 0.5) is 11.6 Å². The van der Waals surface area contributed by atoms with Gasteiger partial charge in [-0.1, -0.05) is 109 Å². The zero-order valence-electron chi connectivity index (χ0n) is 42.5. The summed E-state index contributed by atoms with van der Waals surface area (Å²) in [7, 11) is -5.33. The van der Waals surface area contributed by atoms with Crippen molar-refractivity contribution >= 4 is 43.7 Å². The van der Waals surface area contributed by atoms with Crippen molar-refractivity contribution in [2.75, 3.05) is 30.3 Å². The van der Waals surface area contributed by atoms with Crippen LogP contribution in [0.3, 0.4) is 0 Å². The Kier molecular flexibility index (Phi) is 17.9. The lowest BCUT2D eigenvalue weighted by molar-refractivity contribution is 0.320. The number of para-hydroxylation sites is 4. The summed E-state index contributed by atoms with van der Waals surface area (Å²) in [5, 5.41) is 27.4. The standard InChI is InChI=1S/C27H25N9O5S.C24H20ClN9O4S/c1-3-15-40-27-23(41-22-12-8-7-11-21(22)39-2)26(34-42(37,38)29-17-18-9-5-4-6-10-18)30-24(31-27)19-13-14-28-20(16-19)25-32-35-36-33-25;1-37-18-9-5-6-10-19(18)38-20-21(25)28-22(16-11-12-26-17(13-16)23-30-33-34-31-23)29-24(20)32-39(35,36)27-14-15-7-3-2-4-8-15/h3-14,16,29H,1,15,17H2,2H3,(H,30,31,34)(H,32,33,35,36);2-13,27H,14H2,1H3,(H,28,29,32)(H,30,31,33,34). The minimum Gasteiger partial charge on any atom is -0.493 e. The number of hydrogen-bond acceptors (Lipinski definition) is 21. The van der Waals surface area contributed by atoms with Crippen LogP contribution in [0, 0.1) is 0 Å². The van der Waals surface area contributed by atoms with Crippen molar-refractivity contribution in [2.24, 2.45) is 0 Å². The topological polar surface area (TPSA) is 349 Å². The molecule has 412 valence electrons. The summed E-state index contributed by atoms with van der Waals surface area (Å²) in [6.45, 7) is 3.82. The fourth-order valence-electron chi connectivity index (χ4n) is 7.09. The van der Waals surface area contributed by atoms with E-state index in [1.54, 1.807) is 97.1 Å². The highest BCUT2D eigenvalue weighted by atomic mass is 35.5. The van der Waals surface area contributed by atoms with Gasteiger partial charge in [0, 0.05) is 36.6 Å². The third kappa shape index (κ3) is 14.7. The molecule has 0 spiro atoms. The zero-order chi connectivity index (χ0) is 56.6. The fourth-order valence-corrected chi connectivity index (χ4v) is 8.95. The number of benzene rings is 4. The molecule has 0 atom stereocenters. The summed E-state index contributed by atoms with van der Waals surface area (Å²) in [5.74, 6) is 1.40.